The van der Waals surface area contributed by atoms with Crippen LogP contribution in [0.1, 0.15) is 39.5 Å². The van der Waals surface area contributed by atoms with Crippen molar-refractivity contribution in [1.29, 1.82) is 0 Å². The molecule has 1 aromatic carbocycles. The molecule has 2 aliphatic heterocycles. The van der Waals surface area contributed by atoms with Gasteiger partial charge in [0.2, 0.25) is 5.91 Å². The van der Waals surface area contributed by atoms with E-state index in [1.54, 1.807) is 0 Å². The maximum absolute atomic E-state index is 13.0. The van der Waals surface area contributed by atoms with Crippen molar-refractivity contribution in [2.24, 2.45) is 5.92 Å². The molecule has 4 heterocycles. The molecule has 0 spiro atoms. The minimum absolute atomic E-state index is 0.0804. The smallest absolute Gasteiger partial charge is 0.225 e. The zero-order valence-electron chi connectivity index (χ0n) is 23.4. The van der Waals surface area contributed by atoms with Crippen LogP contribution in [0.5, 0.6) is 0 Å². The standard InChI is InChI=1S/C31H42N6O2/c1-23(2)33-13-15-34(16-14-33)27-7-3-24(4-8-27)26-21-30-29(11-12-32-37(30)22-26)35-17-19-36(20-18-35)31(39)25-5-9-28(38)10-6-25/h3-4,7-8,11-12,21-23,25,28,38H,5-6,9-10,13-20H2,1-2H3. The summed E-state index contributed by atoms with van der Waals surface area (Å²) < 4.78 is 1.98. The van der Waals surface area contributed by atoms with E-state index < -0.39 is 0 Å². The molecule has 2 aromatic heterocycles. The third kappa shape index (κ3) is 5.50. The molecule has 8 heteroatoms. The zero-order valence-corrected chi connectivity index (χ0v) is 23.4. The first-order valence-corrected chi connectivity index (χ1v) is 14.7. The highest BCUT2D eigenvalue weighted by Gasteiger charge is 2.31. The lowest BCUT2D eigenvalue weighted by molar-refractivity contribution is -0.137. The van der Waals surface area contributed by atoms with Gasteiger partial charge in [-0.1, -0.05) is 12.1 Å². The number of piperazine rings is 2. The minimum Gasteiger partial charge on any atom is -0.393 e. The molecule has 0 bridgehead atoms. The van der Waals surface area contributed by atoms with Crippen LogP contribution in [-0.2, 0) is 4.79 Å². The highest BCUT2D eigenvalue weighted by atomic mass is 16.3. The number of rotatable bonds is 5. The predicted molar refractivity (Wildman–Crippen MR) is 156 cm³/mol. The van der Waals surface area contributed by atoms with E-state index in [1.165, 1.54) is 22.5 Å². The van der Waals surface area contributed by atoms with Crippen molar-refractivity contribution in [3.8, 4) is 11.1 Å². The lowest BCUT2D eigenvalue weighted by Gasteiger charge is -2.38. The van der Waals surface area contributed by atoms with Crippen LogP contribution in [0.15, 0.2) is 48.8 Å². The van der Waals surface area contributed by atoms with Crippen molar-refractivity contribution in [3.63, 3.8) is 0 Å². The Balaban J connectivity index is 1.12. The summed E-state index contributed by atoms with van der Waals surface area (Å²) >= 11 is 0. The first kappa shape index (κ1) is 26.1. The Morgan fingerprint density at radius 1 is 0.846 bits per heavy atom. The monoisotopic (exact) mass is 530 g/mol. The molecule has 3 aliphatic rings. The summed E-state index contributed by atoms with van der Waals surface area (Å²) in [7, 11) is 0. The Morgan fingerprint density at radius 2 is 1.51 bits per heavy atom. The second-order valence-corrected chi connectivity index (χ2v) is 11.8. The third-order valence-electron chi connectivity index (χ3n) is 9.07. The summed E-state index contributed by atoms with van der Waals surface area (Å²) in [5.74, 6) is 0.355. The highest BCUT2D eigenvalue weighted by Crippen LogP contribution is 2.31. The number of aromatic nitrogens is 2. The summed E-state index contributed by atoms with van der Waals surface area (Å²) in [6.45, 7) is 12.1. The lowest BCUT2D eigenvalue weighted by Crippen LogP contribution is -2.51. The number of aliphatic hydroxyl groups excluding tert-OH is 1. The summed E-state index contributed by atoms with van der Waals surface area (Å²) in [6, 6.07) is 13.9. The van der Waals surface area contributed by atoms with Crippen molar-refractivity contribution < 1.29 is 9.90 Å². The fourth-order valence-electron chi connectivity index (χ4n) is 6.54. The molecular formula is C31H42N6O2. The number of fused-ring (bicyclic) bond motifs is 1. The summed E-state index contributed by atoms with van der Waals surface area (Å²) in [5, 5.41) is 14.4. The van der Waals surface area contributed by atoms with Crippen LogP contribution in [0.3, 0.4) is 0 Å². The maximum Gasteiger partial charge on any atom is 0.225 e. The van der Waals surface area contributed by atoms with Gasteiger partial charge in [-0.2, -0.15) is 5.10 Å². The van der Waals surface area contributed by atoms with E-state index in [4.69, 9.17) is 0 Å². The van der Waals surface area contributed by atoms with E-state index in [-0.39, 0.29) is 17.9 Å². The van der Waals surface area contributed by atoms with Crippen molar-refractivity contribution in [2.45, 2.75) is 51.7 Å². The van der Waals surface area contributed by atoms with E-state index in [2.05, 4.69) is 76.2 Å². The molecule has 6 rings (SSSR count). The van der Waals surface area contributed by atoms with Gasteiger partial charge in [0.25, 0.3) is 0 Å². The number of nitrogens with zero attached hydrogens (tertiary/aromatic N) is 6. The van der Waals surface area contributed by atoms with Crippen LogP contribution in [-0.4, -0.2) is 94.9 Å². The molecule has 1 saturated carbocycles. The van der Waals surface area contributed by atoms with Gasteiger partial charge in [0, 0.05) is 88.0 Å². The van der Waals surface area contributed by atoms with E-state index in [9.17, 15) is 9.90 Å². The Morgan fingerprint density at radius 3 is 2.18 bits per heavy atom. The molecule has 3 fully saturated rings. The number of hydrogen-bond donors (Lipinski definition) is 1. The topological polar surface area (TPSA) is 67.6 Å². The van der Waals surface area contributed by atoms with Crippen molar-refractivity contribution in [2.75, 3.05) is 62.2 Å². The fourth-order valence-corrected chi connectivity index (χ4v) is 6.54. The second-order valence-electron chi connectivity index (χ2n) is 11.8. The van der Waals surface area contributed by atoms with Gasteiger partial charge in [0.1, 0.15) is 0 Å². The molecule has 1 aliphatic carbocycles. The van der Waals surface area contributed by atoms with Crippen LogP contribution in [0.25, 0.3) is 16.6 Å². The lowest BCUT2D eigenvalue weighted by atomic mass is 9.86. The van der Waals surface area contributed by atoms with Gasteiger partial charge in [-0.25, -0.2) is 4.52 Å². The molecule has 3 aromatic rings. The normalized spacial score (nSPS) is 23.1. The van der Waals surface area contributed by atoms with E-state index >= 15 is 0 Å². The number of hydrogen-bond acceptors (Lipinski definition) is 6. The Kier molecular flexibility index (Phi) is 7.49. The van der Waals surface area contributed by atoms with Crippen molar-refractivity contribution in [1.82, 2.24) is 19.4 Å². The van der Waals surface area contributed by atoms with Crippen LogP contribution in [0, 0.1) is 5.92 Å². The van der Waals surface area contributed by atoms with Gasteiger partial charge >= 0.3 is 0 Å². The van der Waals surface area contributed by atoms with Gasteiger partial charge in [-0.15, -0.1) is 0 Å². The predicted octanol–water partition coefficient (Wildman–Crippen LogP) is 3.73. The van der Waals surface area contributed by atoms with Crippen LogP contribution in [0.2, 0.25) is 0 Å². The van der Waals surface area contributed by atoms with Gasteiger partial charge in [-0.05, 0) is 69.4 Å². The van der Waals surface area contributed by atoms with Gasteiger partial charge in [0.05, 0.1) is 17.3 Å². The third-order valence-corrected chi connectivity index (χ3v) is 9.07. The van der Waals surface area contributed by atoms with Gasteiger partial charge < -0.3 is 19.8 Å². The van der Waals surface area contributed by atoms with Crippen molar-refractivity contribution in [3.05, 3.63) is 48.8 Å². The molecule has 8 nitrogen and oxygen atoms in total. The molecule has 208 valence electrons. The largest absolute Gasteiger partial charge is 0.393 e. The Bertz CT molecular complexity index is 1260. The molecule has 0 radical (unpaired) electrons. The van der Waals surface area contributed by atoms with E-state index in [0.717, 1.165) is 83.6 Å². The van der Waals surface area contributed by atoms with Gasteiger partial charge in [0.15, 0.2) is 0 Å². The molecular weight excluding hydrogens is 488 g/mol. The number of amides is 1. The Labute approximate surface area is 231 Å². The number of aliphatic hydroxyl groups is 1. The van der Waals surface area contributed by atoms with Crippen LogP contribution >= 0.6 is 0 Å². The number of carbonyl (C=O) groups excluding carboxylic acids is 1. The first-order chi connectivity index (χ1) is 19.0. The van der Waals surface area contributed by atoms with Gasteiger partial charge in [-0.3, -0.25) is 9.69 Å². The summed E-state index contributed by atoms with van der Waals surface area (Å²) in [4.78, 5) is 22.5. The molecule has 0 unspecified atom stereocenters. The average molecular weight is 531 g/mol. The Hall–Kier alpha value is -3.10. The first-order valence-electron chi connectivity index (χ1n) is 14.7. The molecule has 2 saturated heterocycles. The number of carbonyl (C=O) groups is 1. The minimum atomic E-state index is -0.226. The average Bonchev–Trinajstić information content (AvgIpc) is 3.42. The highest BCUT2D eigenvalue weighted by molar-refractivity contribution is 5.81. The second kappa shape index (κ2) is 11.2. The maximum atomic E-state index is 13.0. The van der Waals surface area contributed by atoms with Crippen LogP contribution in [0.4, 0.5) is 11.4 Å². The fraction of sp³-hybridized carbons (Fsp3) is 0.548. The number of benzene rings is 1. The van der Waals surface area contributed by atoms with E-state index in [1.807, 2.05) is 15.6 Å². The number of anilines is 2. The molecule has 1 amide bonds. The van der Waals surface area contributed by atoms with Crippen molar-refractivity contribution >= 4 is 22.8 Å². The van der Waals surface area contributed by atoms with Crippen LogP contribution < -0.4 is 9.80 Å². The molecule has 0 atom stereocenters. The summed E-state index contributed by atoms with van der Waals surface area (Å²) in [6.07, 6.45) is 6.89. The zero-order chi connectivity index (χ0) is 26.9. The SMILES string of the molecule is CC(C)N1CCN(c2ccc(-c3cc4c(N5CCN(C(=O)C6CCC(O)CC6)CC5)ccnn4c3)cc2)CC1. The summed E-state index contributed by atoms with van der Waals surface area (Å²) in [5.41, 5.74) is 5.93. The van der Waals surface area contributed by atoms with E-state index in [0.29, 0.717) is 6.04 Å². The molecule has 1 N–H and O–H groups in total. The quantitative estimate of drug-likeness (QED) is 0.542. The molecule has 39 heavy (non-hydrogen) atoms.